The van der Waals surface area contributed by atoms with Crippen LogP contribution in [0.2, 0.25) is 0 Å². The first kappa shape index (κ1) is 26.5. The van der Waals surface area contributed by atoms with Crippen LogP contribution in [0.1, 0.15) is 56.9 Å². The highest BCUT2D eigenvalue weighted by Crippen LogP contribution is 2.39. The van der Waals surface area contributed by atoms with Crippen molar-refractivity contribution in [2.75, 3.05) is 34.8 Å². The number of ether oxygens (including phenoxy) is 2. The largest absolute Gasteiger partial charge is 0.497 e. The average Bonchev–Trinajstić information content (AvgIpc) is 3.46. The zero-order valence-electron chi connectivity index (χ0n) is 19.9. The van der Waals surface area contributed by atoms with Gasteiger partial charge < -0.3 is 25.0 Å². The van der Waals surface area contributed by atoms with E-state index in [0.29, 0.717) is 19.0 Å². The van der Waals surface area contributed by atoms with Crippen LogP contribution in [0.15, 0.2) is 23.2 Å². The zero-order chi connectivity index (χ0) is 22.3. The number of hydrogen-bond donors (Lipinski definition) is 2. The summed E-state index contributed by atoms with van der Waals surface area (Å²) in [6, 6.07) is 5.96. The van der Waals surface area contributed by atoms with E-state index in [1.807, 2.05) is 32.3 Å². The van der Waals surface area contributed by atoms with Crippen LogP contribution in [0.4, 0.5) is 0 Å². The van der Waals surface area contributed by atoms with Gasteiger partial charge in [-0.05, 0) is 50.7 Å². The fraction of sp³-hybridized carbons (Fsp3) is 0.667. The molecule has 180 valence electrons. The molecule has 0 spiro atoms. The molecule has 0 bridgehead atoms. The normalized spacial score (nSPS) is 18.1. The molecule has 0 aromatic heterocycles. The summed E-state index contributed by atoms with van der Waals surface area (Å²) >= 11 is 0. The SMILES string of the molecule is CN=C(NCc1ccc(OC)cc1OC1CCCC1)NCC1(C(=O)N(C)C)CCCC1.I. The number of nitrogens with one attached hydrogen (secondary N) is 2. The third-order valence-electron chi connectivity index (χ3n) is 6.55. The molecular formula is C24H39IN4O3. The van der Waals surface area contributed by atoms with Gasteiger partial charge in [0, 0.05) is 45.9 Å². The molecule has 1 aromatic carbocycles. The number of nitrogens with zero attached hydrogens (tertiary/aromatic N) is 2. The van der Waals surface area contributed by atoms with Gasteiger partial charge in [0.25, 0.3) is 0 Å². The lowest BCUT2D eigenvalue weighted by Crippen LogP contribution is -2.49. The maximum Gasteiger partial charge on any atom is 0.230 e. The Morgan fingerprint density at radius 2 is 1.84 bits per heavy atom. The van der Waals surface area contributed by atoms with Gasteiger partial charge in [0.2, 0.25) is 5.91 Å². The van der Waals surface area contributed by atoms with Gasteiger partial charge in [-0.1, -0.05) is 12.8 Å². The zero-order valence-corrected chi connectivity index (χ0v) is 22.2. The van der Waals surface area contributed by atoms with Crippen molar-refractivity contribution in [3.05, 3.63) is 23.8 Å². The predicted molar refractivity (Wildman–Crippen MR) is 139 cm³/mol. The first-order chi connectivity index (χ1) is 15.0. The molecule has 0 aliphatic heterocycles. The number of guanidine groups is 1. The smallest absolute Gasteiger partial charge is 0.230 e. The lowest BCUT2D eigenvalue weighted by atomic mass is 9.84. The van der Waals surface area contributed by atoms with Crippen molar-refractivity contribution in [1.82, 2.24) is 15.5 Å². The molecule has 0 saturated heterocycles. The van der Waals surface area contributed by atoms with E-state index >= 15 is 0 Å². The molecule has 1 amide bonds. The van der Waals surface area contributed by atoms with Gasteiger partial charge in [0.1, 0.15) is 11.5 Å². The Morgan fingerprint density at radius 1 is 1.16 bits per heavy atom. The standard InChI is InChI=1S/C24H38N4O3.HI/c1-25-23(27-17-24(13-7-8-14-24)22(29)28(2)3)26-16-18-11-12-20(30-4)15-21(18)31-19-9-5-6-10-19;/h11-12,15,19H,5-10,13-14,16-17H2,1-4H3,(H2,25,26,27);1H. The molecular weight excluding hydrogens is 519 g/mol. The summed E-state index contributed by atoms with van der Waals surface area (Å²) in [5, 5.41) is 6.79. The van der Waals surface area contributed by atoms with Crippen LogP contribution in [0.25, 0.3) is 0 Å². The third kappa shape index (κ3) is 6.65. The number of benzene rings is 1. The number of amides is 1. The van der Waals surface area contributed by atoms with Crippen LogP contribution < -0.4 is 20.1 Å². The summed E-state index contributed by atoms with van der Waals surface area (Å²) in [6.07, 6.45) is 8.99. The van der Waals surface area contributed by atoms with Crippen LogP contribution in [-0.4, -0.2) is 57.7 Å². The molecule has 2 N–H and O–H groups in total. The molecule has 2 aliphatic carbocycles. The molecule has 3 rings (SSSR count). The van der Waals surface area contributed by atoms with Gasteiger partial charge in [-0.25, -0.2) is 0 Å². The van der Waals surface area contributed by atoms with Crippen LogP contribution in [-0.2, 0) is 11.3 Å². The Labute approximate surface area is 209 Å². The second-order valence-corrected chi connectivity index (χ2v) is 8.96. The van der Waals surface area contributed by atoms with Gasteiger partial charge in [0.05, 0.1) is 18.6 Å². The number of rotatable bonds is 8. The highest BCUT2D eigenvalue weighted by molar-refractivity contribution is 14.0. The third-order valence-corrected chi connectivity index (χ3v) is 6.55. The second kappa shape index (κ2) is 12.5. The first-order valence-electron chi connectivity index (χ1n) is 11.5. The highest BCUT2D eigenvalue weighted by atomic mass is 127. The molecule has 0 atom stereocenters. The minimum atomic E-state index is -0.335. The van der Waals surface area contributed by atoms with Crippen molar-refractivity contribution in [3.8, 4) is 11.5 Å². The molecule has 2 saturated carbocycles. The van der Waals surface area contributed by atoms with Crippen molar-refractivity contribution < 1.29 is 14.3 Å². The fourth-order valence-corrected chi connectivity index (χ4v) is 4.75. The van der Waals surface area contributed by atoms with Gasteiger partial charge in [-0.15, -0.1) is 24.0 Å². The summed E-state index contributed by atoms with van der Waals surface area (Å²) in [6.45, 7) is 1.18. The lowest BCUT2D eigenvalue weighted by Gasteiger charge is -2.31. The minimum Gasteiger partial charge on any atom is -0.497 e. The van der Waals surface area contributed by atoms with E-state index in [2.05, 4.69) is 15.6 Å². The quantitative estimate of drug-likeness (QED) is 0.287. The predicted octanol–water partition coefficient (Wildman–Crippen LogP) is 3.95. The monoisotopic (exact) mass is 558 g/mol. The molecule has 0 heterocycles. The Balaban J connectivity index is 0.00000363. The summed E-state index contributed by atoms with van der Waals surface area (Å²) in [5.41, 5.74) is 0.730. The lowest BCUT2D eigenvalue weighted by molar-refractivity contribution is -0.138. The van der Waals surface area contributed by atoms with Crippen LogP contribution in [0.3, 0.4) is 0 Å². The maximum atomic E-state index is 12.8. The molecule has 8 heteroatoms. The van der Waals surface area contributed by atoms with Crippen molar-refractivity contribution in [2.45, 2.75) is 64.0 Å². The summed E-state index contributed by atoms with van der Waals surface area (Å²) in [7, 11) is 7.11. The van der Waals surface area contributed by atoms with E-state index in [1.54, 1.807) is 19.1 Å². The minimum absolute atomic E-state index is 0. The van der Waals surface area contributed by atoms with Gasteiger partial charge in [-0.2, -0.15) is 0 Å². The molecule has 7 nitrogen and oxygen atoms in total. The molecule has 32 heavy (non-hydrogen) atoms. The number of carbonyl (C=O) groups is 1. The van der Waals surface area contributed by atoms with Crippen molar-refractivity contribution in [1.29, 1.82) is 0 Å². The number of methoxy groups -OCH3 is 1. The Hall–Kier alpha value is -1.71. The van der Waals surface area contributed by atoms with Crippen molar-refractivity contribution >= 4 is 35.8 Å². The topological polar surface area (TPSA) is 75.2 Å². The molecule has 0 unspecified atom stereocenters. The van der Waals surface area contributed by atoms with E-state index in [9.17, 15) is 4.79 Å². The molecule has 0 radical (unpaired) electrons. The van der Waals surface area contributed by atoms with E-state index in [-0.39, 0.29) is 41.4 Å². The van der Waals surface area contributed by atoms with Crippen LogP contribution in [0, 0.1) is 5.41 Å². The Kier molecular flexibility index (Phi) is 10.4. The van der Waals surface area contributed by atoms with E-state index < -0.39 is 0 Å². The van der Waals surface area contributed by atoms with Gasteiger partial charge in [0.15, 0.2) is 5.96 Å². The van der Waals surface area contributed by atoms with E-state index in [4.69, 9.17) is 9.47 Å². The summed E-state index contributed by atoms with van der Waals surface area (Å²) < 4.78 is 11.7. The van der Waals surface area contributed by atoms with Gasteiger partial charge in [-0.3, -0.25) is 9.79 Å². The van der Waals surface area contributed by atoms with Gasteiger partial charge >= 0.3 is 0 Å². The molecule has 2 aliphatic rings. The summed E-state index contributed by atoms with van der Waals surface area (Å²) in [4.78, 5) is 18.9. The van der Waals surface area contributed by atoms with Crippen molar-refractivity contribution in [3.63, 3.8) is 0 Å². The Bertz CT molecular complexity index is 773. The second-order valence-electron chi connectivity index (χ2n) is 8.96. The number of hydrogen-bond acceptors (Lipinski definition) is 4. The fourth-order valence-electron chi connectivity index (χ4n) is 4.75. The molecule has 1 aromatic rings. The van der Waals surface area contributed by atoms with E-state index in [1.165, 1.54) is 12.8 Å². The van der Waals surface area contributed by atoms with Crippen molar-refractivity contribution in [2.24, 2.45) is 10.4 Å². The highest BCUT2D eigenvalue weighted by Gasteiger charge is 2.42. The average molecular weight is 559 g/mol. The van der Waals surface area contributed by atoms with E-state index in [0.717, 1.165) is 55.6 Å². The number of aliphatic imine (C=N–C) groups is 1. The van der Waals surface area contributed by atoms with Crippen LogP contribution >= 0.6 is 24.0 Å². The number of carbonyl (C=O) groups excluding carboxylic acids is 1. The van der Waals surface area contributed by atoms with Crippen LogP contribution in [0.5, 0.6) is 11.5 Å². The first-order valence-corrected chi connectivity index (χ1v) is 11.5. The summed E-state index contributed by atoms with van der Waals surface area (Å²) in [5.74, 6) is 2.56. The Morgan fingerprint density at radius 3 is 2.44 bits per heavy atom. The maximum absolute atomic E-state index is 12.8. The molecule has 2 fully saturated rings. The number of halogens is 1.